The van der Waals surface area contributed by atoms with Crippen molar-refractivity contribution in [2.75, 3.05) is 14.2 Å². The molecule has 0 radical (unpaired) electrons. The second-order valence-electron chi connectivity index (χ2n) is 5.05. The highest BCUT2D eigenvalue weighted by Crippen LogP contribution is 2.27. The molecule has 0 aliphatic carbocycles. The number of amides is 1. The van der Waals surface area contributed by atoms with Crippen molar-refractivity contribution in [3.05, 3.63) is 59.2 Å². The van der Waals surface area contributed by atoms with E-state index in [9.17, 15) is 4.79 Å². The SMILES string of the molecule is CNC(=O)C(=NOC)c1ccccc1Oc1ccc(C)c(C)c1. The van der Waals surface area contributed by atoms with Crippen LogP contribution in [0.2, 0.25) is 0 Å². The first-order chi connectivity index (χ1) is 11.1. The molecular weight excluding hydrogens is 292 g/mol. The van der Waals surface area contributed by atoms with Crippen molar-refractivity contribution in [1.82, 2.24) is 5.32 Å². The quantitative estimate of drug-likeness (QED) is 0.681. The maximum absolute atomic E-state index is 12.0. The molecule has 0 spiro atoms. The number of carbonyl (C=O) groups excluding carboxylic acids is 1. The lowest BCUT2D eigenvalue weighted by molar-refractivity contribution is -0.114. The van der Waals surface area contributed by atoms with E-state index in [1.165, 1.54) is 12.7 Å². The van der Waals surface area contributed by atoms with Crippen molar-refractivity contribution in [2.45, 2.75) is 13.8 Å². The fraction of sp³-hybridized carbons (Fsp3) is 0.222. The van der Waals surface area contributed by atoms with E-state index in [1.807, 2.05) is 44.2 Å². The molecule has 0 bridgehead atoms. The molecule has 2 aromatic carbocycles. The number of likely N-dealkylation sites (N-methyl/N-ethyl adjacent to an activating group) is 1. The smallest absolute Gasteiger partial charge is 0.273 e. The minimum absolute atomic E-state index is 0.162. The Bertz CT molecular complexity index is 739. The standard InChI is InChI=1S/C18H20N2O3/c1-12-9-10-14(11-13(12)2)23-16-8-6-5-7-15(16)17(20-22-4)18(21)19-3/h5-11H,1-4H3,(H,19,21). The Hall–Kier alpha value is -2.82. The van der Waals surface area contributed by atoms with Gasteiger partial charge in [0.05, 0.1) is 5.56 Å². The molecule has 0 saturated heterocycles. The Kier molecular flexibility index (Phi) is 5.36. The maximum atomic E-state index is 12.0. The Balaban J connectivity index is 2.42. The molecule has 5 heteroatoms. The van der Waals surface area contributed by atoms with Crippen LogP contribution in [-0.4, -0.2) is 25.8 Å². The third-order valence-electron chi connectivity index (χ3n) is 3.47. The van der Waals surface area contributed by atoms with Crippen LogP contribution in [0.5, 0.6) is 11.5 Å². The van der Waals surface area contributed by atoms with Gasteiger partial charge in [-0.1, -0.05) is 23.4 Å². The third kappa shape index (κ3) is 3.88. The number of oxime groups is 1. The molecule has 0 atom stereocenters. The summed E-state index contributed by atoms with van der Waals surface area (Å²) in [6, 6.07) is 13.1. The van der Waals surface area contributed by atoms with Gasteiger partial charge in [0.25, 0.3) is 5.91 Å². The summed E-state index contributed by atoms with van der Waals surface area (Å²) in [6.07, 6.45) is 0. The highest BCUT2D eigenvalue weighted by atomic mass is 16.6. The van der Waals surface area contributed by atoms with E-state index in [0.717, 1.165) is 5.56 Å². The van der Waals surface area contributed by atoms with Gasteiger partial charge in [-0.05, 0) is 49.2 Å². The molecular formula is C18H20N2O3. The van der Waals surface area contributed by atoms with Gasteiger partial charge in [-0.15, -0.1) is 0 Å². The van der Waals surface area contributed by atoms with Crippen LogP contribution in [0.4, 0.5) is 0 Å². The van der Waals surface area contributed by atoms with Crippen LogP contribution in [0.1, 0.15) is 16.7 Å². The largest absolute Gasteiger partial charge is 0.457 e. The molecule has 1 amide bonds. The molecule has 2 aromatic rings. The molecule has 0 aromatic heterocycles. The summed E-state index contributed by atoms with van der Waals surface area (Å²) < 4.78 is 5.95. The molecule has 1 N–H and O–H groups in total. The van der Waals surface area contributed by atoms with Gasteiger partial charge in [-0.2, -0.15) is 0 Å². The van der Waals surface area contributed by atoms with Gasteiger partial charge < -0.3 is 14.9 Å². The maximum Gasteiger partial charge on any atom is 0.273 e. The average molecular weight is 312 g/mol. The van der Waals surface area contributed by atoms with Crippen LogP contribution >= 0.6 is 0 Å². The molecule has 0 aliphatic rings. The topological polar surface area (TPSA) is 59.9 Å². The van der Waals surface area contributed by atoms with Gasteiger partial charge in [-0.3, -0.25) is 4.79 Å². The minimum atomic E-state index is -0.344. The van der Waals surface area contributed by atoms with E-state index >= 15 is 0 Å². The number of hydrogen-bond donors (Lipinski definition) is 1. The summed E-state index contributed by atoms with van der Waals surface area (Å²) >= 11 is 0. The van der Waals surface area contributed by atoms with Crippen LogP contribution in [0.15, 0.2) is 47.6 Å². The number of nitrogens with zero attached hydrogens (tertiary/aromatic N) is 1. The number of nitrogens with one attached hydrogen (secondary N) is 1. The van der Waals surface area contributed by atoms with Crippen LogP contribution < -0.4 is 10.1 Å². The Morgan fingerprint density at radius 3 is 2.48 bits per heavy atom. The van der Waals surface area contributed by atoms with Crippen LogP contribution in [0, 0.1) is 13.8 Å². The second-order valence-corrected chi connectivity index (χ2v) is 5.05. The number of carbonyl (C=O) groups is 1. The van der Waals surface area contributed by atoms with Crippen molar-refractivity contribution in [3.63, 3.8) is 0 Å². The van der Waals surface area contributed by atoms with Crippen molar-refractivity contribution in [2.24, 2.45) is 5.16 Å². The summed E-state index contributed by atoms with van der Waals surface area (Å²) in [5.74, 6) is 0.896. The molecule has 0 unspecified atom stereocenters. The van der Waals surface area contributed by atoms with Gasteiger partial charge in [0.2, 0.25) is 0 Å². The zero-order valence-electron chi connectivity index (χ0n) is 13.7. The minimum Gasteiger partial charge on any atom is -0.457 e. The summed E-state index contributed by atoms with van der Waals surface area (Å²) in [6.45, 7) is 4.07. The van der Waals surface area contributed by atoms with Crippen molar-refractivity contribution in [3.8, 4) is 11.5 Å². The summed E-state index contributed by atoms with van der Waals surface area (Å²) in [4.78, 5) is 16.8. The van der Waals surface area contributed by atoms with Gasteiger partial charge >= 0.3 is 0 Å². The number of hydrogen-bond acceptors (Lipinski definition) is 4. The van der Waals surface area contributed by atoms with E-state index in [0.29, 0.717) is 17.1 Å². The van der Waals surface area contributed by atoms with E-state index in [4.69, 9.17) is 9.57 Å². The molecule has 0 fully saturated rings. The molecule has 23 heavy (non-hydrogen) atoms. The van der Waals surface area contributed by atoms with Gasteiger partial charge in [0.15, 0.2) is 5.71 Å². The zero-order chi connectivity index (χ0) is 16.8. The highest BCUT2D eigenvalue weighted by Gasteiger charge is 2.18. The van der Waals surface area contributed by atoms with Crippen molar-refractivity contribution < 1.29 is 14.4 Å². The summed E-state index contributed by atoms with van der Waals surface area (Å²) in [5.41, 5.74) is 3.05. The number of para-hydroxylation sites is 1. The lowest BCUT2D eigenvalue weighted by Gasteiger charge is -2.13. The first-order valence-electron chi connectivity index (χ1n) is 7.24. The van der Waals surface area contributed by atoms with Gasteiger partial charge in [-0.25, -0.2) is 0 Å². The third-order valence-corrected chi connectivity index (χ3v) is 3.47. The lowest BCUT2D eigenvalue weighted by Crippen LogP contribution is -2.28. The predicted molar refractivity (Wildman–Crippen MR) is 90.0 cm³/mol. The molecule has 5 nitrogen and oxygen atoms in total. The fourth-order valence-corrected chi connectivity index (χ4v) is 2.08. The summed E-state index contributed by atoms with van der Waals surface area (Å²) in [5, 5.41) is 6.37. The molecule has 0 aliphatic heterocycles. The Morgan fingerprint density at radius 1 is 1.09 bits per heavy atom. The Morgan fingerprint density at radius 2 is 1.83 bits per heavy atom. The van der Waals surface area contributed by atoms with Crippen molar-refractivity contribution >= 4 is 11.6 Å². The molecule has 120 valence electrons. The van der Waals surface area contributed by atoms with Crippen LogP contribution in [-0.2, 0) is 9.63 Å². The second kappa shape index (κ2) is 7.45. The normalized spacial score (nSPS) is 11.0. The monoisotopic (exact) mass is 312 g/mol. The molecule has 0 saturated carbocycles. The zero-order valence-corrected chi connectivity index (χ0v) is 13.7. The number of aryl methyl sites for hydroxylation is 2. The van der Waals surface area contributed by atoms with Crippen molar-refractivity contribution in [1.29, 1.82) is 0 Å². The predicted octanol–water partition coefficient (Wildman–Crippen LogP) is 3.19. The first kappa shape index (κ1) is 16.5. The lowest BCUT2D eigenvalue weighted by atomic mass is 10.1. The van der Waals surface area contributed by atoms with E-state index in [-0.39, 0.29) is 11.6 Å². The van der Waals surface area contributed by atoms with Gasteiger partial charge in [0.1, 0.15) is 18.6 Å². The number of rotatable bonds is 5. The Labute approximate surface area is 135 Å². The first-order valence-corrected chi connectivity index (χ1v) is 7.24. The molecule has 0 heterocycles. The van der Waals surface area contributed by atoms with E-state index in [1.54, 1.807) is 19.2 Å². The highest BCUT2D eigenvalue weighted by molar-refractivity contribution is 6.45. The van der Waals surface area contributed by atoms with E-state index in [2.05, 4.69) is 10.5 Å². The van der Waals surface area contributed by atoms with Crippen LogP contribution in [0.25, 0.3) is 0 Å². The average Bonchev–Trinajstić information content (AvgIpc) is 2.56. The summed E-state index contributed by atoms with van der Waals surface area (Å²) in [7, 11) is 2.94. The number of benzene rings is 2. The molecule has 2 rings (SSSR count). The van der Waals surface area contributed by atoms with E-state index < -0.39 is 0 Å². The fourth-order valence-electron chi connectivity index (χ4n) is 2.08. The number of ether oxygens (including phenoxy) is 1. The van der Waals surface area contributed by atoms with Crippen LogP contribution in [0.3, 0.4) is 0 Å². The van der Waals surface area contributed by atoms with Gasteiger partial charge in [0, 0.05) is 7.05 Å².